The summed E-state index contributed by atoms with van der Waals surface area (Å²) in [7, 11) is 0. The van der Waals surface area contributed by atoms with E-state index >= 15 is 0 Å². The highest BCUT2D eigenvalue weighted by Crippen LogP contribution is 2.22. The molecule has 0 aliphatic rings. The van der Waals surface area contributed by atoms with Gasteiger partial charge in [-0.2, -0.15) is 0 Å². The fourth-order valence-corrected chi connectivity index (χ4v) is 1.42. The van der Waals surface area contributed by atoms with E-state index in [1.807, 2.05) is 25.1 Å². The van der Waals surface area contributed by atoms with Crippen molar-refractivity contribution < 1.29 is 9.90 Å². The van der Waals surface area contributed by atoms with Crippen LogP contribution in [0.4, 0.5) is 0 Å². The van der Waals surface area contributed by atoms with Gasteiger partial charge in [0.1, 0.15) is 0 Å². The summed E-state index contributed by atoms with van der Waals surface area (Å²) >= 11 is 3.37. The number of carboxylic acid groups (broad SMARTS) is 1. The van der Waals surface area contributed by atoms with Crippen LogP contribution in [0.3, 0.4) is 0 Å². The Balaban J connectivity index is 3.03. The number of carboxylic acids is 1. The van der Waals surface area contributed by atoms with E-state index in [0.29, 0.717) is 0 Å². The van der Waals surface area contributed by atoms with E-state index < -0.39 is 11.9 Å². The molecule has 1 atom stereocenters. The first-order valence-corrected chi connectivity index (χ1v) is 4.80. The molecular formula is C10H11BrO2. The van der Waals surface area contributed by atoms with Gasteiger partial charge >= 0.3 is 5.97 Å². The van der Waals surface area contributed by atoms with Gasteiger partial charge in [-0.25, -0.2) is 0 Å². The van der Waals surface area contributed by atoms with Crippen molar-refractivity contribution in [2.75, 3.05) is 0 Å². The van der Waals surface area contributed by atoms with Gasteiger partial charge < -0.3 is 5.11 Å². The van der Waals surface area contributed by atoms with Crippen LogP contribution in [0.15, 0.2) is 22.7 Å². The Morgan fingerprint density at radius 3 is 2.62 bits per heavy atom. The normalized spacial score (nSPS) is 12.5. The number of hydrogen-bond acceptors (Lipinski definition) is 1. The maximum absolute atomic E-state index is 10.7. The lowest BCUT2D eigenvalue weighted by Crippen LogP contribution is -2.07. The molecule has 0 heterocycles. The second-order valence-corrected chi connectivity index (χ2v) is 3.92. The second kappa shape index (κ2) is 3.92. The Hall–Kier alpha value is -0.830. The first kappa shape index (κ1) is 10.3. The van der Waals surface area contributed by atoms with Crippen molar-refractivity contribution in [3.63, 3.8) is 0 Å². The first-order chi connectivity index (χ1) is 6.02. The molecule has 1 aromatic carbocycles. The maximum Gasteiger partial charge on any atom is 0.310 e. The van der Waals surface area contributed by atoms with Gasteiger partial charge in [-0.3, -0.25) is 4.79 Å². The van der Waals surface area contributed by atoms with Crippen molar-refractivity contribution in [2.24, 2.45) is 0 Å². The van der Waals surface area contributed by atoms with E-state index in [1.165, 1.54) is 0 Å². The molecule has 0 radical (unpaired) electrons. The van der Waals surface area contributed by atoms with E-state index in [4.69, 9.17) is 5.11 Å². The summed E-state index contributed by atoms with van der Waals surface area (Å²) < 4.78 is 0.957. The third kappa shape index (κ3) is 2.31. The molecule has 0 saturated carbocycles. The van der Waals surface area contributed by atoms with Crippen LogP contribution in [0.1, 0.15) is 24.0 Å². The molecule has 0 aliphatic carbocycles. The molecule has 1 N–H and O–H groups in total. The average Bonchev–Trinajstić information content (AvgIpc) is 2.08. The minimum Gasteiger partial charge on any atom is -0.481 e. The summed E-state index contributed by atoms with van der Waals surface area (Å²) in [6.07, 6.45) is 0. The van der Waals surface area contributed by atoms with Crippen LogP contribution in [-0.2, 0) is 4.79 Å². The van der Waals surface area contributed by atoms with E-state index in [2.05, 4.69) is 15.9 Å². The van der Waals surface area contributed by atoms with Gasteiger partial charge in [-0.15, -0.1) is 0 Å². The summed E-state index contributed by atoms with van der Waals surface area (Å²) in [5.41, 5.74) is 1.94. The molecule has 2 nitrogen and oxygen atoms in total. The van der Waals surface area contributed by atoms with Gasteiger partial charge in [-0.05, 0) is 31.0 Å². The third-order valence-electron chi connectivity index (χ3n) is 2.07. The number of halogens is 1. The smallest absolute Gasteiger partial charge is 0.310 e. The van der Waals surface area contributed by atoms with Crippen LogP contribution in [0.5, 0.6) is 0 Å². The highest BCUT2D eigenvalue weighted by molar-refractivity contribution is 9.10. The molecule has 70 valence electrons. The topological polar surface area (TPSA) is 37.3 Å². The Bertz CT molecular complexity index is 334. The largest absolute Gasteiger partial charge is 0.481 e. The Kier molecular flexibility index (Phi) is 3.09. The minimum atomic E-state index is -0.796. The quantitative estimate of drug-likeness (QED) is 0.866. The minimum absolute atomic E-state index is 0.447. The third-order valence-corrected chi connectivity index (χ3v) is 2.92. The molecular weight excluding hydrogens is 232 g/mol. The van der Waals surface area contributed by atoms with Crippen molar-refractivity contribution >= 4 is 21.9 Å². The number of hydrogen-bond donors (Lipinski definition) is 1. The molecule has 0 aromatic heterocycles. The molecule has 1 unspecified atom stereocenters. The summed E-state index contributed by atoms with van der Waals surface area (Å²) in [6.45, 7) is 3.65. The fourth-order valence-electron chi connectivity index (χ4n) is 1.02. The lowest BCUT2D eigenvalue weighted by atomic mass is 10.0. The molecule has 0 fully saturated rings. The Labute approximate surface area is 85.7 Å². The van der Waals surface area contributed by atoms with Crippen molar-refractivity contribution in [3.05, 3.63) is 33.8 Å². The van der Waals surface area contributed by atoms with Gasteiger partial charge in [0.15, 0.2) is 0 Å². The summed E-state index contributed by atoms with van der Waals surface area (Å²) in [5.74, 6) is -1.24. The maximum atomic E-state index is 10.7. The molecule has 13 heavy (non-hydrogen) atoms. The summed E-state index contributed by atoms with van der Waals surface area (Å²) in [6, 6.07) is 5.62. The van der Waals surface area contributed by atoms with Crippen LogP contribution in [0, 0.1) is 6.92 Å². The highest BCUT2D eigenvalue weighted by atomic mass is 79.9. The van der Waals surface area contributed by atoms with Crippen molar-refractivity contribution in [1.29, 1.82) is 0 Å². The van der Waals surface area contributed by atoms with E-state index in [9.17, 15) is 4.79 Å². The highest BCUT2D eigenvalue weighted by Gasteiger charge is 2.13. The van der Waals surface area contributed by atoms with Crippen LogP contribution in [0.25, 0.3) is 0 Å². The SMILES string of the molecule is Cc1ccc(C(C)C(=O)O)cc1Br. The average molecular weight is 243 g/mol. The van der Waals surface area contributed by atoms with Crippen LogP contribution < -0.4 is 0 Å². The van der Waals surface area contributed by atoms with Gasteiger partial charge in [0.25, 0.3) is 0 Å². The van der Waals surface area contributed by atoms with Crippen LogP contribution in [0.2, 0.25) is 0 Å². The number of aliphatic carboxylic acids is 1. The predicted molar refractivity (Wildman–Crippen MR) is 54.9 cm³/mol. The van der Waals surface area contributed by atoms with Crippen LogP contribution in [-0.4, -0.2) is 11.1 Å². The number of benzene rings is 1. The van der Waals surface area contributed by atoms with E-state index in [-0.39, 0.29) is 0 Å². The summed E-state index contributed by atoms with van der Waals surface area (Å²) in [5, 5.41) is 8.78. The molecule has 0 saturated heterocycles. The Morgan fingerprint density at radius 1 is 1.54 bits per heavy atom. The zero-order valence-corrected chi connectivity index (χ0v) is 9.13. The first-order valence-electron chi connectivity index (χ1n) is 4.01. The molecule has 0 aliphatic heterocycles. The Morgan fingerprint density at radius 2 is 2.15 bits per heavy atom. The number of carbonyl (C=O) groups is 1. The molecule has 0 bridgehead atoms. The predicted octanol–water partition coefficient (Wildman–Crippen LogP) is 2.95. The lowest BCUT2D eigenvalue weighted by molar-refractivity contribution is -0.138. The summed E-state index contributed by atoms with van der Waals surface area (Å²) in [4.78, 5) is 10.7. The molecule has 1 aromatic rings. The zero-order chi connectivity index (χ0) is 10.0. The fraction of sp³-hybridized carbons (Fsp3) is 0.300. The van der Waals surface area contributed by atoms with Crippen molar-refractivity contribution in [3.8, 4) is 0 Å². The van der Waals surface area contributed by atoms with Crippen molar-refractivity contribution in [2.45, 2.75) is 19.8 Å². The number of rotatable bonds is 2. The lowest BCUT2D eigenvalue weighted by Gasteiger charge is -2.07. The van der Waals surface area contributed by atoms with Gasteiger partial charge in [-0.1, -0.05) is 28.1 Å². The zero-order valence-electron chi connectivity index (χ0n) is 7.54. The van der Waals surface area contributed by atoms with E-state index in [1.54, 1.807) is 6.92 Å². The molecule has 0 spiro atoms. The standard InChI is InChI=1S/C10H11BrO2/c1-6-3-4-8(5-9(6)11)7(2)10(12)13/h3-5,7H,1-2H3,(H,12,13). The monoisotopic (exact) mass is 242 g/mol. The molecule has 3 heteroatoms. The van der Waals surface area contributed by atoms with Gasteiger partial charge in [0.05, 0.1) is 5.92 Å². The molecule has 0 amide bonds. The number of aryl methyl sites for hydroxylation is 1. The van der Waals surface area contributed by atoms with Crippen molar-refractivity contribution in [1.82, 2.24) is 0 Å². The second-order valence-electron chi connectivity index (χ2n) is 3.07. The van der Waals surface area contributed by atoms with Gasteiger partial charge in [0, 0.05) is 4.47 Å². The molecule has 1 rings (SSSR count). The van der Waals surface area contributed by atoms with Gasteiger partial charge in [0.2, 0.25) is 0 Å². The van der Waals surface area contributed by atoms with E-state index in [0.717, 1.165) is 15.6 Å². The van der Waals surface area contributed by atoms with Crippen LogP contribution >= 0.6 is 15.9 Å².